The maximum Gasteiger partial charge on any atom is 0.131 e. The standard InChI is InChI=1S/C22H19F/c1-3-16-5-9-18(10-6-16)20-13-14-21(22(23)15-20)19-11-7-17(4-2)8-12-19/h4-15H,2-3H2,1H3. The predicted octanol–water partition coefficient (Wildman–Crippen LogP) is 6.37. The minimum Gasteiger partial charge on any atom is -0.206 e. The first-order valence-electron chi connectivity index (χ1n) is 7.83. The highest BCUT2D eigenvalue weighted by molar-refractivity contribution is 5.71. The Labute approximate surface area is 136 Å². The Bertz CT molecular complexity index is 812. The summed E-state index contributed by atoms with van der Waals surface area (Å²) in [7, 11) is 0. The van der Waals surface area contributed by atoms with Crippen molar-refractivity contribution < 1.29 is 4.39 Å². The van der Waals surface area contributed by atoms with Crippen molar-refractivity contribution in [3.8, 4) is 22.3 Å². The highest BCUT2D eigenvalue weighted by Gasteiger charge is 2.07. The van der Waals surface area contributed by atoms with Gasteiger partial charge in [-0.2, -0.15) is 0 Å². The topological polar surface area (TPSA) is 0 Å². The van der Waals surface area contributed by atoms with Crippen molar-refractivity contribution in [1.29, 1.82) is 0 Å². The van der Waals surface area contributed by atoms with Crippen molar-refractivity contribution in [3.05, 3.63) is 90.3 Å². The molecule has 0 nitrogen and oxygen atoms in total. The zero-order chi connectivity index (χ0) is 16.2. The molecule has 0 radical (unpaired) electrons. The fourth-order valence-electron chi connectivity index (χ4n) is 2.66. The van der Waals surface area contributed by atoms with Crippen LogP contribution in [0.1, 0.15) is 18.1 Å². The zero-order valence-electron chi connectivity index (χ0n) is 13.2. The molecule has 0 N–H and O–H groups in total. The van der Waals surface area contributed by atoms with E-state index in [2.05, 4.69) is 25.6 Å². The Kier molecular flexibility index (Phi) is 4.38. The molecule has 0 aromatic heterocycles. The summed E-state index contributed by atoms with van der Waals surface area (Å²) < 4.78 is 14.5. The van der Waals surface area contributed by atoms with Gasteiger partial charge in [0.05, 0.1) is 0 Å². The predicted molar refractivity (Wildman–Crippen MR) is 96.7 cm³/mol. The van der Waals surface area contributed by atoms with E-state index in [1.807, 2.05) is 48.5 Å². The molecule has 114 valence electrons. The van der Waals surface area contributed by atoms with Gasteiger partial charge in [0.1, 0.15) is 5.82 Å². The van der Waals surface area contributed by atoms with Gasteiger partial charge in [-0.15, -0.1) is 0 Å². The molecule has 0 aliphatic heterocycles. The monoisotopic (exact) mass is 302 g/mol. The van der Waals surface area contributed by atoms with E-state index in [0.29, 0.717) is 5.56 Å². The van der Waals surface area contributed by atoms with Gasteiger partial charge in [0.15, 0.2) is 0 Å². The minimum absolute atomic E-state index is 0.201. The molecule has 0 unspecified atom stereocenters. The number of halogens is 1. The van der Waals surface area contributed by atoms with Crippen LogP contribution in [0.4, 0.5) is 4.39 Å². The van der Waals surface area contributed by atoms with E-state index in [1.54, 1.807) is 12.1 Å². The van der Waals surface area contributed by atoms with Crippen molar-refractivity contribution in [3.63, 3.8) is 0 Å². The SMILES string of the molecule is C=Cc1ccc(-c2ccc(-c3ccc(CC)cc3)cc2F)cc1. The van der Waals surface area contributed by atoms with Gasteiger partial charge in [-0.05, 0) is 40.3 Å². The normalized spacial score (nSPS) is 10.5. The second kappa shape index (κ2) is 6.62. The van der Waals surface area contributed by atoms with Crippen LogP contribution in [0.5, 0.6) is 0 Å². The number of hydrogen-bond acceptors (Lipinski definition) is 0. The van der Waals surface area contributed by atoms with Gasteiger partial charge in [-0.25, -0.2) is 4.39 Å². The van der Waals surface area contributed by atoms with Crippen LogP contribution in [0.2, 0.25) is 0 Å². The van der Waals surface area contributed by atoms with Gasteiger partial charge in [0.25, 0.3) is 0 Å². The minimum atomic E-state index is -0.201. The fraction of sp³-hybridized carbons (Fsp3) is 0.0909. The van der Waals surface area contributed by atoms with Crippen LogP contribution in [0, 0.1) is 5.82 Å². The molecule has 0 aliphatic carbocycles. The molecule has 0 fully saturated rings. The third-order valence-electron chi connectivity index (χ3n) is 4.12. The molecule has 0 saturated heterocycles. The summed E-state index contributed by atoms with van der Waals surface area (Å²) >= 11 is 0. The lowest BCUT2D eigenvalue weighted by atomic mass is 9.98. The molecule has 0 heterocycles. The van der Waals surface area contributed by atoms with E-state index >= 15 is 0 Å². The molecule has 3 aromatic carbocycles. The van der Waals surface area contributed by atoms with E-state index in [1.165, 1.54) is 5.56 Å². The van der Waals surface area contributed by atoms with E-state index in [4.69, 9.17) is 0 Å². The molecule has 3 aromatic rings. The Morgan fingerprint density at radius 1 is 0.826 bits per heavy atom. The molecule has 0 spiro atoms. The molecule has 0 aliphatic rings. The van der Waals surface area contributed by atoms with Gasteiger partial charge in [-0.3, -0.25) is 0 Å². The van der Waals surface area contributed by atoms with Crippen molar-refractivity contribution in [2.45, 2.75) is 13.3 Å². The third-order valence-corrected chi connectivity index (χ3v) is 4.12. The molecule has 0 saturated carbocycles. The van der Waals surface area contributed by atoms with E-state index in [0.717, 1.165) is 28.7 Å². The average Bonchev–Trinajstić information content (AvgIpc) is 2.62. The quantitative estimate of drug-likeness (QED) is 0.525. The maximum absolute atomic E-state index is 14.5. The van der Waals surface area contributed by atoms with Gasteiger partial charge >= 0.3 is 0 Å². The van der Waals surface area contributed by atoms with Crippen molar-refractivity contribution in [2.75, 3.05) is 0 Å². The van der Waals surface area contributed by atoms with Crippen LogP contribution < -0.4 is 0 Å². The molecule has 3 rings (SSSR count). The average molecular weight is 302 g/mol. The number of hydrogen-bond donors (Lipinski definition) is 0. The van der Waals surface area contributed by atoms with Gasteiger partial charge < -0.3 is 0 Å². The second-order valence-electron chi connectivity index (χ2n) is 5.57. The lowest BCUT2D eigenvalue weighted by Crippen LogP contribution is -1.87. The summed E-state index contributed by atoms with van der Waals surface area (Å²) in [5.41, 5.74) is 5.75. The first kappa shape index (κ1) is 15.2. The van der Waals surface area contributed by atoms with Crippen molar-refractivity contribution in [1.82, 2.24) is 0 Å². The van der Waals surface area contributed by atoms with Crippen LogP contribution in [-0.2, 0) is 6.42 Å². The van der Waals surface area contributed by atoms with Crippen LogP contribution in [0.15, 0.2) is 73.3 Å². The number of rotatable bonds is 4. The Morgan fingerprint density at radius 2 is 1.43 bits per heavy atom. The third kappa shape index (κ3) is 3.24. The van der Waals surface area contributed by atoms with Gasteiger partial charge in [0.2, 0.25) is 0 Å². The maximum atomic E-state index is 14.5. The summed E-state index contributed by atoms with van der Waals surface area (Å²) in [5.74, 6) is -0.201. The smallest absolute Gasteiger partial charge is 0.131 e. The van der Waals surface area contributed by atoms with Crippen LogP contribution in [0.25, 0.3) is 28.3 Å². The van der Waals surface area contributed by atoms with E-state index in [-0.39, 0.29) is 5.82 Å². The Hall–Kier alpha value is -2.67. The van der Waals surface area contributed by atoms with Crippen LogP contribution in [-0.4, -0.2) is 0 Å². The molecule has 23 heavy (non-hydrogen) atoms. The van der Waals surface area contributed by atoms with Crippen molar-refractivity contribution in [2.24, 2.45) is 0 Å². The summed E-state index contributed by atoms with van der Waals surface area (Å²) in [4.78, 5) is 0. The lowest BCUT2D eigenvalue weighted by molar-refractivity contribution is 0.632. The summed E-state index contributed by atoms with van der Waals surface area (Å²) in [6.45, 7) is 5.86. The highest BCUT2D eigenvalue weighted by atomic mass is 19.1. The first-order valence-corrected chi connectivity index (χ1v) is 7.83. The van der Waals surface area contributed by atoms with Crippen LogP contribution >= 0.6 is 0 Å². The molecule has 1 heteroatoms. The number of aryl methyl sites for hydroxylation is 1. The van der Waals surface area contributed by atoms with E-state index in [9.17, 15) is 4.39 Å². The van der Waals surface area contributed by atoms with Gasteiger partial charge in [0, 0.05) is 5.56 Å². The summed E-state index contributed by atoms with van der Waals surface area (Å²) in [6.07, 6.45) is 2.79. The van der Waals surface area contributed by atoms with E-state index < -0.39 is 0 Å². The Balaban J connectivity index is 1.94. The molecule has 0 atom stereocenters. The largest absolute Gasteiger partial charge is 0.206 e. The van der Waals surface area contributed by atoms with Crippen molar-refractivity contribution >= 4 is 6.08 Å². The van der Waals surface area contributed by atoms with Crippen LogP contribution in [0.3, 0.4) is 0 Å². The summed E-state index contributed by atoms with van der Waals surface area (Å²) in [6, 6.07) is 21.4. The number of benzene rings is 3. The zero-order valence-corrected chi connectivity index (χ0v) is 13.2. The molecular formula is C22H19F. The first-order chi connectivity index (χ1) is 11.2. The highest BCUT2D eigenvalue weighted by Crippen LogP contribution is 2.28. The fourth-order valence-corrected chi connectivity index (χ4v) is 2.66. The second-order valence-corrected chi connectivity index (χ2v) is 5.57. The molecule has 0 amide bonds. The summed E-state index contributed by atoms with van der Waals surface area (Å²) in [5, 5.41) is 0. The van der Waals surface area contributed by atoms with Gasteiger partial charge in [-0.1, -0.05) is 80.2 Å². The molecular weight excluding hydrogens is 283 g/mol. The lowest BCUT2D eigenvalue weighted by Gasteiger charge is -2.08. The molecule has 0 bridgehead atoms. The Morgan fingerprint density at radius 3 is 2.00 bits per heavy atom.